The molecule has 3 aromatic rings. The molecule has 0 spiro atoms. The second kappa shape index (κ2) is 9.42. The Bertz CT molecular complexity index is 1010. The lowest BCUT2D eigenvalue weighted by atomic mass is 10.2. The van der Waals surface area contributed by atoms with Gasteiger partial charge >= 0.3 is 0 Å². The number of hydrogen-bond acceptors (Lipinski definition) is 7. The van der Waals surface area contributed by atoms with Gasteiger partial charge in [0.15, 0.2) is 18.2 Å². The van der Waals surface area contributed by atoms with Crippen molar-refractivity contribution in [1.29, 1.82) is 0 Å². The summed E-state index contributed by atoms with van der Waals surface area (Å²) in [6.07, 6.45) is 1.76. The highest BCUT2D eigenvalue weighted by atomic mass is 16.5. The number of rotatable bonds is 6. The van der Waals surface area contributed by atoms with Crippen molar-refractivity contribution < 1.29 is 9.53 Å². The maximum Gasteiger partial charge on any atom is 0.260 e. The van der Waals surface area contributed by atoms with Gasteiger partial charge in [-0.25, -0.2) is 4.98 Å². The molecule has 1 aromatic carbocycles. The van der Waals surface area contributed by atoms with E-state index in [-0.39, 0.29) is 12.5 Å². The van der Waals surface area contributed by atoms with E-state index in [4.69, 9.17) is 4.74 Å². The number of hydrogen-bond donors (Lipinski definition) is 1. The third-order valence-corrected chi connectivity index (χ3v) is 5.16. The van der Waals surface area contributed by atoms with E-state index in [1.165, 1.54) is 0 Å². The number of pyridine rings is 1. The highest BCUT2D eigenvalue weighted by Gasteiger charge is 2.22. The SMILES string of the molecule is Cc1ccc(OCC(=O)N2CCN(c3ccc(Nc4cc(C)ccn4)nn3)CC2)cc1. The van der Waals surface area contributed by atoms with Crippen molar-refractivity contribution in [2.24, 2.45) is 0 Å². The molecular weight excluding hydrogens is 392 g/mol. The van der Waals surface area contributed by atoms with E-state index >= 15 is 0 Å². The lowest BCUT2D eigenvalue weighted by Gasteiger charge is -2.35. The number of ether oxygens (including phenoxy) is 1. The van der Waals surface area contributed by atoms with Crippen LogP contribution in [-0.4, -0.2) is 58.8 Å². The molecule has 1 N–H and O–H groups in total. The van der Waals surface area contributed by atoms with Crippen LogP contribution in [0.5, 0.6) is 5.75 Å². The standard InChI is InChI=1S/C23H26N6O2/c1-17-3-5-19(6-4-17)31-16-23(30)29-13-11-28(12-14-29)22-8-7-20(26-27-22)25-21-15-18(2)9-10-24-21/h3-10,15H,11-14,16H2,1-2H3,(H,24,25,26). The van der Waals surface area contributed by atoms with Crippen molar-refractivity contribution in [3.05, 3.63) is 65.9 Å². The predicted octanol–water partition coefficient (Wildman–Crippen LogP) is 2.96. The van der Waals surface area contributed by atoms with E-state index < -0.39 is 0 Å². The van der Waals surface area contributed by atoms with Gasteiger partial charge in [-0.05, 0) is 55.8 Å². The zero-order valence-electron chi connectivity index (χ0n) is 17.8. The molecule has 1 amide bonds. The Morgan fingerprint density at radius 3 is 2.39 bits per heavy atom. The van der Waals surface area contributed by atoms with Crippen molar-refractivity contribution in [2.75, 3.05) is 43.0 Å². The Morgan fingerprint density at radius 2 is 1.71 bits per heavy atom. The average molecular weight is 419 g/mol. The number of aryl methyl sites for hydroxylation is 2. The second-order valence-electron chi connectivity index (χ2n) is 7.59. The van der Waals surface area contributed by atoms with E-state index in [2.05, 4.69) is 25.4 Å². The van der Waals surface area contributed by atoms with Gasteiger partial charge in [-0.1, -0.05) is 17.7 Å². The number of benzene rings is 1. The quantitative estimate of drug-likeness (QED) is 0.659. The molecule has 1 aliphatic heterocycles. The van der Waals surface area contributed by atoms with Crippen LogP contribution in [0.2, 0.25) is 0 Å². The van der Waals surface area contributed by atoms with Crippen LogP contribution in [0, 0.1) is 13.8 Å². The van der Waals surface area contributed by atoms with Crippen LogP contribution >= 0.6 is 0 Å². The number of nitrogens with zero attached hydrogens (tertiary/aromatic N) is 5. The van der Waals surface area contributed by atoms with E-state index in [1.54, 1.807) is 6.20 Å². The largest absolute Gasteiger partial charge is 0.484 e. The van der Waals surface area contributed by atoms with Gasteiger partial charge < -0.3 is 19.9 Å². The van der Waals surface area contributed by atoms with Crippen LogP contribution in [-0.2, 0) is 4.79 Å². The van der Waals surface area contributed by atoms with Crippen molar-refractivity contribution in [2.45, 2.75) is 13.8 Å². The fourth-order valence-corrected chi connectivity index (χ4v) is 3.35. The predicted molar refractivity (Wildman–Crippen MR) is 120 cm³/mol. The molecule has 0 atom stereocenters. The Kier molecular flexibility index (Phi) is 6.26. The third-order valence-electron chi connectivity index (χ3n) is 5.16. The van der Waals surface area contributed by atoms with Gasteiger partial charge in [0, 0.05) is 32.4 Å². The first-order chi connectivity index (χ1) is 15.1. The lowest BCUT2D eigenvalue weighted by molar-refractivity contribution is -0.133. The summed E-state index contributed by atoms with van der Waals surface area (Å²) in [6.45, 7) is 6.76. The van der Waals surface area contributed by atoms with Crippen LogP contribution in [0.3, 0.4) is 0 Å². The number of amides is 1. The van der Waals surface area contributed by atoms with Crippen LogP contribution < -0.4 is 15.0 Å². The molecule has 160 valence electrons. The number of nitrogens with one attached hydrogen (secondary N) is 1. The molecule has 8 heteroatoms. The molecule has 8 nitrogen and oxygen atoms in total. The van der Waals surface area contributed by atoms with Crippen LogP contribution in [0.4, 0.5) is 17.5 Å². The van der Waals surface area contributed by atoms with Crippen molar-refractivity contribution in [3.8, 4) is 5.75 Å². The Balaban J connectivity index is 1.26. The molecule has 0 saturated carbocycles. The van der Waals surface area contributed by atoms with Crippen molar-refractivity contribution >= 4 is 23.4 Å². The van der Waals surface area contributed by atoms with Crippen LogP contribution in [0.25, 0.3) is 0 Å². The van der Waals surface area contributed by atoms with E-state index in [1.807, 2.05) is 67.3 Å². The summed E-state index contributed by atoms with van der Waals surface area (Å²) in [4.78, 5) is 20.7. The molecular formula is C23H26N6O2. The van der Waals surface area contributed by atoms with Gasteiger partial charge in [-0.15, -0.1) is 10.2 Å². The summed E-state index contributed by atoms with van der Waals surface area (Å²) in [5.74, 6) is 2.88. The number of carbonyl (C=O) groups excluding carboxylic acids is 1. The Hall–Kier alpha value is -3.68. The van der Waals surface area contributed by atoms with Gasteiger partial charge in [0.25, 0.3) is 5.91 Å². The monoisotopic (exact) mass is 418 g/mol. The molecule has 3 heterocycles. The minimum absolute atomic E-state index is 0.00323. The number of piperazine rings is 1. The number of aromatic nitrogens is 3. The zero-order chi connectivity index (χ0) is 21.6. The molecule has 0 bridgehead atoms. The van der Waals surface area contributed by atoms with E-state index in [9.17, 15) is 4.79 Å². The number of anilines is 3. The maximum atomic E-state index is 12.5. The summed E-state index contributed by atoms with van der Waals surface area (Å²) in [5, 5.41) is 11.7. The van der Waals surface area contributed by atoms with Crippen molar-refractivity contribution in [1.82, 2.24) is 20.1 Å². The molecule has 31 heavy (non-hydrogen) atoms. The molecule has 2 aromatic heterocycles. The van der Waals surface area contributed by atoms with Crippen LogP contribution in [0.1, 0.15) is 11.1 Å². The smallest absolute Gasteiger partial charge is 0.260 e. The fourth-order valence-electron chi connectivity index (χ4n) is 3.35. The first-order valence-electron chi connectivity index (χ1n) is 10.3. The summed E-state index contributed by atoms with van der Waals surface area (Å²) in [6, 6.07) is 15.4. The molecule has 1 fully saturated rings. The average Bonchev–Trinajstić information content (AvgIpc) is 2.79. The van der Waals surface area contributed by atoms with Gasteiger partial charge in [-0.2, -0.15) is 0 Å². The topological polar surface area (TPSA) is 83.5 Å². The fraction of sp³-hybridized carbons (Fsp3) is 0.304. The minimum atomic E-state index is -0.00323. The molecule has 1 aliphatic rings. The normalized spacial score (nSPS) is 13.7. The van der Waals surface area contributed by atoms with Gasteiger partial charge in [0.1, 0.15) is 11.6 Å². The highest BCUT2D eigenvalue weighted by molar-refractivity contribution is 5.78. The zero-order valence-corrected chi connectivity index (χ0v) is 17.8. The second-order valence-corrected chi connectivity index (χ2v) is 7.59. The molecule has 0 unspecified atom stereocenters. The number of carbonyl (C=O) groups is 1. The summed E-state index contributed by atoms with van der Waals surface area (Å²) in [5.41, 5.74) is 2.28. The highest BCUT2D eigenvalue weighted by Crippen LogP contribution is 2.17. The summed E-state index contributed by atoms with van der Waals surface area (Å²) in [7, 11) is 0. The molecule has 0 aliphatic carbocycles. The van der Waals surface area contributed by atoms with E-state index in [0.29, 0.717) is 37.7 Å². The summed E-state index contributed by atoms with van der Waals surface area (Å²) < 4.78 is 5.62. The molecule has 1 saturated heterocycles. The van der Waals surface area contributed by atoms with Crippen molar-refractivity contribution in [3.63, 3.8) is 0 Å². The lowest BCUT2D eigenvalue weighted by Crippen LogP contribution is -2.50. The summed E-state index contributed by atoms with van der Waals surface area (Å²) >= 11 is 0. The first-order valence-corrected chi connectivity index (χ1v) is 10.3. The van der Waals surface area contributed by atoms with E-state index in [0.717, 1.165) is 22.8 Å². The minimum Gasteiger partial charge on any atom is -0.484 e. The first kappa shape index (κ1) is 20.6. The Morgan fingerprint density at radius 1 is 0.935 bits per heavy atom. The Labute approximate surface area is 181 Å². The third kappa shape index (κ3) is 5.48. The van der Waals surface area contributed by atoms with Crippen LogP contribution in [0.15, 0.2) is 54.7 Å². The van der Waals surface area contributed by atoms with Gasteiger partial charge in [0.2, 0.25) is 0 Å². The molecule has 4 rings (SSSR count). The van der Waals surface area contributed by atoms with Gasteiger partial charge in [0.05, 0.1) is 0 Å². The maximum absolute atomic E-state index is 12.5. The van der Waals surface area contributed by atoms with Gasteiger partial charge in [-0.3, -0.25) is 4.79 Å². The molecule has 0 radical (unpaired) electrons.